The molecule has 0 radical (unpaired) electrons. The predicted octanol–water partition coefficient (Wildman–Crippen LogP) is 5.42. The zero-order valence-electron chi connectivity index (χ0n) is 18.6. The second-order valence-electron chi connectivity index (χ2n) is 8.35. The molecule has 34 heavy (non-hydrogen) atoms. The average molecular weight is 485 g/mol. The molecular weight excluding hydrogens is 461 g/mol. The number of rotatable bonds is 5. The van der Waals surface area contributed by atoms with Crippen molar-refractivity contribution < 1.29 is 18.0 Å². The highest BCUT2D eigenvalue weighted by Gasteiger charge is 2.48. The van der Waals surface area contributed by atoms with E-state index in [0.29, 0.717) is 12.1 Å². The minimum absolute atomic E-state index is 0.0599. The quantitative estimate of drug-likeness (QED) is 0.491. The van der Waals surface area contributed by atoms with Crippen LogP contribution in [-0.2, 0) is 23.1 Å². The Labute approximate surface area is 199 Å². The van der Waals surface area contributed by atoms with E-state index in [-0.39, 0.29) is 11.9 Å². The largest absolute Gasteiger partial charge is 0.416 e. The lowest BCUT2D eigenvalue weighted by Crippen LogP contribution is -2.52. The van der Waals surface area contributed by atoms with Crippen LogP contribution in [0.3, 0.4) is 0 Å². The number of nitrogens with two attached hydrogens (primary N) is 1. The molecule has 0 unspecified atom stereocenters. The molecule has 176 valence electrons. The van der Waals surface area contributed by atoms with Gasteiger partial charge in [0.1, 0.15) is 5.54 Å². The molecule has 0 saturated carbocycles. The number of carbonyl (C=O) groups is 1. The van der Waals surface area contributed by atoms with Gasteiger partial charge in [-0.3, -0.25) is 14.7 Å². The first kappa shape index (κ1) is 23.7. The fraction of sp³-hybridized carbons (Fsp3) is 0.240. The molecule has 3 aromatic rings. The number of thiophene rings is 1. The Morgan fingerprint density at radius 2 is 1.88 bits per heavy atom. The van der Waals surface area contributed by atoms with E-state index in [0.717, 1.165) is 33.7 Å². The van der Waals surface area contributed by atoms with E-state index in [1.165, 1.54) is 35.4 Å². The SMILES string of the molecule is C=NCc1cccc(-c2csc([C@@]3(C)N=C(N)N(C)C(=O)[C@@H]3c3ccc(C(F)(F)F)cc3)c2)c1. The number of guanidine groups is 1. The smallest absolute Gasteiger partial charge is 0.369 e. The predicted molar refractivity (Wildman–Crippen MR) is 129 cm³/mol. The summed E-state index contributed by atoms with van der Waals surface area (Å²) in [6.45, 7) is 5.83. The molecule has 0 aliphatic carbocycles. The van der Waals surface area contributed by atoms with Crippen LogP contribution in [0.2, 0.25) is 0 Å². The lowest BCUT2D eigenvalue weighted by atomic mass is 9.77. The molecule has 0 fully saturated rings. The van der Waals surface area contributed by atoms with Crippen LogP contribution in [0.1, 0.15) is 34.4 Å². The zero-order chi connectivity index (χ0) is 24.7. The Morgan fingerprint density at radius 1 is 1.18 bits per heavy atom. The number of amides is 1. The first-order chi connectivity index (χ1) is 16.0. The molecule has 1 aliphatic rings. The Bertz CT molecular complexity index is 1270. The summed E-state index contributed by atoms with van der Waals surface area (Å²) in [7, 11) is 1.51. The molecule has 2 atom stereocenters. The van der Waals surface area contributed by atoms with Crippen molar-refractivity contribution in [2.24, 2.45) is 15.7 Å². The first-order valence-electron chi connectivity index (χ1n) is 10.5. The van der Waals surface area contributed by atoms with E-state index in [1.807, 2.05) is 35.7 Å². The minimum Gasteiger partial charge on any atom is -0.369 e. The summed E-state index contributed by atoms with van der Waals surface area (Å²) >= 11 is 1.43. The molecule has 9 heteroatoms. The summed E-state index contributed by atoms with van der Waals surface area (Å²) in [6, 6.07) is 14.5. The maximum absolute atomic E-state index is 13.3. The van der Waals surface area contributed by atoms with E-state index in [2.05, 4.69) is 16.7 Å². The van der Waals surface area contributed by atoms with Gasteiger partial charge in [-0.15, -0.1) is 11.3 Å². The molecular formula is C25H23F3N4OS. The van der Waals surface area contributed by atoms with Gasteiger partial charge in [0.2, 0.25) is 5.91 Å². The van der Waals surface area contributed by atoms with Crippen molar-refractivity contribution >= 4 is 29.9 Å². The summed E-state index contributed by atoms with van der Waals surface area (Å²) in [4.78, 5) is 23.9. The van der Waals surface area contributed by atoms with Crippen molar-refractivity contribution in [1.82, 2.24) is 4.90 Å². The van der Waals surface area contributed by atoms with Crippen LogP contribution in [0.5, 0.6) is 0 Å². The van der Waals surface area contributed by atoms with Crippen molar-refractivity contribution in [3.8, 4) is 11.1 Å². The van der Waals surface area contributed by atoms with Crippen LogP contribution in [0.15, 0.2) is 70.0 Å². The molecule has 4 rings (SSSR count). The first-order valence-corrected chi connectivity index (χ1v) is 11.3. The second-order valence-corrected chi connectivity index (χ2v) is 9.26. The van der Waals surface area contributed by atoms with Crippen molar-refractivity contribution in [3.63, 3.8) is 0 Å². The Balaban J connectivity index is 1.79. The maximum Gasteiger partial charge on any atom is 0.416 e. The number of carbonyl (C=O) groups excluding carboxylic acids is 1. The summed E-state index contributed by atoms with van der Waals surface area (Å²) in [6.07, 6.45) is -4.46. The van der Waals surface area contributed by atoms with Crippen LogP contribution in [0.25, 0.3) is 11.1 Å². The molecule has 1 amide bonds. The number of aliphatic imine (C=N–C) groups is 2. The number of hydrogen-bond acceptors (Lipinski definition) is 5. The number of hydrogen-bond donors (Lipinski definition) is 1. The lowest BCUT2D eigenvalue weighted by Gasteiger charge is -2.40. The molecule has 1 aliphatic heterocycles. The normalized spacial score (nSPS) is 20.9. The summed E-state index contributed by atoms with van der Waals surface area (Å²) in [5.74, 6) is -1.11. The fourth-order valence-corrected chi connectivity index (χ4v) is 5.24. The molecule has 0 spiro atoms. The highest BCUT2D eigenvalue weighted by atomic mass is 32.1. The van der Waals surface area contributed by atoms with Gasteiger partial charge in [0.25, 0.3) is 0 Å². The van der Waals surface area contributed by atoms with Crippen LogP contribution < -0.4 is 5.73 Å². The van der Waals surface area contributed by atoms with Gasteiger partial charge in [0.15, 0.2) is 5.96 Å². The Hall–Kier alpha value is -3.46. The van der Waals surface area contributed by atoms with E-state index in [9.17, 15) is 18.0 Å². The number of benzene rings is 2. The molecule has 1 aromatic heterocycles. The van der Waals surface area contributed by atoms with Crippen LogP contribution in [-0.4, -0.2) is 30.5 Å². The van der Waals surface area contributed by atoms with E-state index >= 15 is 0 Å². The number of alkyl halides is 3. The molecule has 2 heterocycles. The highest BCUT2D eigenvalue weighted by Crippen LogP contribution is 2.47. The van der Waals surface area contributed by atoms with Gasteiger partial charge in [-0.1, -0.05) is 30.3 Å². The van der Waals surface area contributed by atoms with Gasteiger partial charge in [-0.05, 0) is 65.5 Å². The third-order valence-electron chi connectivity index (χ3n) is 6.05. The van der Waals surface area contributed by atoms with E-state index in [1.54, 1.807) is 6.92 Å². The maximum atomic E-state index is 13.3. The highest BCUT2D eigenvalue weighted by molar-refractivity contribution is 7.10. The summed E-state index contributed by atoms with van der Waals surface area (Å²) in [5, 5.41) is 1.97. The third-order valence-corrected chi connectivity index (χ3v) is 7.21. The number of halogens is 3. The van der Waals surface area contributed by atoms with Crippen molar-refractivity contribution in [2.45, 2.75) is 31.1 Å². The van der Waals surface area contributed by atoms with Crippen LogP contribution in [0.4, 0.5) is 13.2 Å². The molecule has 0 bridgehead atoms. The average Bonchev–Trinajstić information content (AvgIpc) is 3.29. The number of likely N-dealkylation sites (N-methyl/N-ethyl adjacent to an activating group) is 1. The van der Waals surface area contributed by atoms with Crippen LogP contribution in [0, 0.1) is 0 Å². The van der Waals surface area contributed by atoms with Crippen molar-refractivity contribution in [1.29, 1.82) is 0 Å². The molecule has 2 aromatic carbocycles. The van der Waals surface area contributed by atoms with Gasteiger partial charge in [-0.25, -0.2) is 4.99 Å². The van der Waals surface area contributed by atoms with Crippen molar-refractivity contribution in [2.75, 3.05) is 7.05 Å². The minimum atomic E-state index is -4.46. The third kappa shape index (κ3) is 4.23. The lowest BCUT2D eigenvalue weighted by molar-refractivity contribution is -0.137. The Morgan fingerprint density at radius 3 is 2.53 bits per heavy atom. The fourth-order valence-electron chi connectivity index (χ4n) is 4.18. The molecule has 5 nitrogen and oxygen atoms in total. The molecule has 2 N–H and O–H groups in total. The second kappa shape index (κ2) is 8.72. The topological polar surface area (TPSA) is 71.0 Å². The zero-order valence-corrected chi connectivity index (χ0v) is 19.5. The van der Waals surface area contributed by atoms with Gasteiger partial charge >= 0.3 is 6.18 Å². The summed E-state index contributed by atoms with van der Waals surface area (Å²) in [5.41, 5.74) is 7.59. The van der Waals surface area contributed by atoms with Gasteiger partial charge in [-0.2, -0.15) is 13.2 Å². The number of nitrogens with zero attached hydrogens (tertiary/aromatic N) is 3. The summed E-state index contributed by atoms with van der Waals surface area (Å²) < 4.78 is 39.3. The van der Waals surface area contributed by atoms with Gasteiger partial charge in [0.05, 0.1) is 18.0 Å². The van der Waals surface area contributed by atoms with Crippen LogP contribution >= 0.6 is 11.3 Å². The van der Waals surface area contributed by atoms with Gasteiger partial charge in [0, 0.05) is 11.9 Å². The monoisotopic (exact) mass is 484 g/mol. The van der Waals surface area contributed by atoms with E-state index < -0.39 is 23.2 Å². The molecule has 0 saturated heterocycles. The van der Waals surface area contributed by atoms with Crippen molar-refractivity contribution in [3.05, 3.63) is 81.5 Å². The van der Waals surface area contributed by atoms with Gasteiger partial charge < -0.3 is 5.73 Å². The Kier molecular flexibility index (Phi) is 6.07. The standard InChI is InChI=1S/C25H23F3N4OS/c1-24(20-12-18(14-34-20)17-6-4-5-15(11-17)13-30-2)21(22(33)32(3)23(29)31-24)16-7-9-19(10-8-16)25(26,27)28/h4-12,14,21H,2,13H2,1,3H3,(H2,29,31)/t21-,24+/m0/s1. The van der Waals surface area contributed by atoms with E-state index in [4.69, 9.17) is 5.73 Å².